The molecule has 2 aliphatic carbocycles. The second-order valence-electron chi connectivity index (χ2n) is 7.99. The van der Waals surface area contributed by atoms with E-state index in [0.29, 0.717) is 22.9 Å². The van der Waals surface area contributed by atoms with Gasteiger partial charge < -0.3 is 15.2 Å². The smallest absolute Gasteiger partial charge is 0.181 e. The van der Waals surface area contributed by atoms with Crippen LogP contribution in [0.3, 0.4) is 0 Å². The highest BCUT2D eigenvalue weighted by molar-refractivity contribution is 7.95. The van der Waals surface area contributed by atoms with Crippen molar-refractivity contribution in [2.24, 2.45) is 0 Å². The second kappa shape index (κ2) is 4.46. The van der Waals surface area contributed by atoms with Gasteiger partial charge in [-0.3, -0.25) is 4.90 Å². The van der Waals surface area contributed by atoms with Crippen LogP contribution in [0.15, 0.2) is 34.4 Å². The summed E-state index contributed by atoms with van der Waals surface area (Å²) < 4.78 is 31.8. The number of piperidine rings is 1. The molecule has 3 aliphatic heterocycles. The predicted molar refractivity (Wildman–Crippen MR) is 95.8 cm³/mol. The molecule has 1 aromatic carbocycles. The number of likely N-dealkylation sites (N-methyl/N-ethyl adjacent to an activating group) is 1. The van der Waals surface area contributed by atoms with Crippen molar-refractivity contribution in [2.45, 2.75) is 30.4 Å². The van der Waals surface area contributed by atoms with Crippen LogP contribution in [-0.2, 0) is 21.7 Å². The van der Waals surface area contributed by atoms with E-state index in [0.717, 1.165) is 30.5 Å². The summed E-state index contributed by atoms with van der Waals surface area (Å²) in [7, 11) is -1.21. The molecule has 0 aromatic heterocycles. The largest absolute Gasteiger partial charge is 0.504 e. The third-order valence-electron chi connectivity index (χ3n) is 6.87. The van der Waals surface area contributed by atoms with Crippen LogP contribution < -0.4 is 10.1 Å². The topological polar surface area (TPSA) is 78.9 Å². The number of nitrogens with zero attached hydrogens (tertiary/aromatic N) is 1. The molecule has 0 unspecified atom stereocenters. The summed E-state index contributed by atoms with van der Waals surface area (Å²) in [5.41, 5.74) is 3.73. The van der Waals surface area contributed by atoms with E-state index < -0.39 is 15.9 Å². The first kappa shape index (κ1) is 15.1. The Morgan fingerprint density at radius 1 is 1.38 bits per heavy atom. The van der Waals surface area contributed by atoms with Crippen LogP contribution in [0.5, 0.6) is 11.5 Å². The van der Waals surface area contributed by atoms with E-state index in [9.17, 15) is 13.5 Å². The van der Waals surface area contributed by atoms with Crippen LogP contribution in [0, 0.1) is 0 Å². The molecule has 0 radical (unpaired) electrons. The van der Waals surface area contributed by atoms with Gasteiger partial charge in [0.1, 0.15) is 0 Å². The Morgan fingerprint density at radius 2 is 2.23 bits per heavy atom. The molecule has 6 nitrogen and oxygen atoms in total. The molecule has 2 bridgehead atoms. The number of sulfone groups is 1. The van der Waals surface area contributed by atoms with Crippen molar-refractivity contribution in [3.05, 3.63) is 45.5 Å². The van der Waals surface area contributed by atoms with Crippen LogP contribution in [-0.4, -0.2) is 56.5 Å². The van der Waals surface area contributed by atoms with Crippen LogP contribution >= 0.6 is 0 Å². The number of hydrogen-bond acceptors (Lipinski definition) is 6. The van der Waals surface area contributed by atoms with Gasteiger partial charge in [-0.15, -0.1) is 0 Å². The molecule has 1 saturated heterocycles. The fraction of sp³-hybridized carbons (Fsp3) is 0.474. The second-order valence-corrected chi connectivity index (χ2v) is 10.1. The van der Waals surface area contributed by atoms with Crippen molar-refractivity contribution in [3.8, 4) is 11.5 Å². The Balaban J connectivity index is 1.72. The zero-order chi connectivity index (χ0) is 17.8. The lowest BCUT2D eigenvalue weighted by molar-refractivity contribution is 0.107. The number of phenols is 1. The number of benzene rings is 1. The van der Waals surface area contributed by atoms with E-state index in [1.165, 1.54) is 5.56 Å². The molecule has 3 heterocycles. The average molecular weight is 372 g/mol. The molecular formula is C19H20N2O4S. The Hall–Kier alpha value is -1.99. The molecule has 5 aliphatic rings. The first-order valence-corrected chi connectivity index (χ1v) is 10.7. The van der Waals surface area contributed by atoms with E-state index >= 15 is 0 Å². The van der Waals surface area contributed by atoms with Gasteiger partial charge in [0.15, 0.2) is 27.4 Å². The average Bonchev–Trinajstić information content (AvgIpc) is 2.95. The van der Waals surface area contributed by atoms with Crippen molar-refractivity contribution in [3.63, 3.8) is 0 Å². The molecule has 1 fully saturated rings. The third-order valence-corrected chi connectivity index (χ3v) is 8.62. The summed E-state index contributed by atoms with van der Waals surface area (Å²) in [5, 5.41) is 13.8. The Bertz CT molecular complexity index is 1040. The highest BCUT2D eigenvalue weighted by Crippen LogP contribution is 2.63. The molecule has 1 aromatic rings. The molecule has 136 valence electrons. The van der Waals surface area contributed by atoms with E-state index in [1.807, 2.05) is 12.1 Å². The van der Waals surface area contributed by atoms with Gasteiger partial charge >= 0.3 is 0 Å². The van der Waals surface area contributed by atoms with E-state index in [4.69, 9.17) is 4.74 Å². The molecule has 3 atom stereocenters. The minimum Gasteiger partial charge on any atom is -0.504 e. The summed E-state index contributed by atoms with van der Waals surface area (Å²) in [5.74, 6) is 0.796. The number of likely N-dealkylation sites (tertiary alicyclic amines) is 1. The molecular weight excluding hydrogens is 352 g/mol. The van der Waals surface area contributed by atoms with Gasteiger partial charge in [0.05, 0.1) is 21.8 Å². The standard InChI is InChI=1S/C19H20N2O4S/c1-21-6-4-19-11-9-14-16(20-5-7-26(14,23)24)18(19)25-17-13(22)3-2-10(15(17)19)8-12(11)21/h2-3,9,12,18,20,22H,4-8H2,1H3/t12-,18+,19+/m1/s1. The highest BCUT2D eigenvalue weighted by Gasteiger charge is 2.63. The summed E-state index contributed by atoms with van der Waals surface area (Å²) in [6.07, 6.45) is 3.20. The summed E-state index contributed by atoms with van der Waals surface area (Å²) in [4.78, 5) is 2.70. The molecule has 0 saturated carbocycles. The quantitative estimate of drug-likeness (QED) is 0.702. The first-order chi connectivity index (χ1) is 12.4. The summed E-state index contributed by atoms with van der Waals surface area (Å²) in [6, 6.07) is 3.87. The van der Waals surface area contributed by atoms with Crippen molar-refractivity contribution in [1.29, 1.82) is 0 Å². The fourth-order valence-corrected chi connectivity index (χ4v) is 7.11. The Morgan fingerprint density at radius 3 is 3.08 bits per heavy atom. The zero-order valence-corrected chi connectivity index (χ0v) is 15.3. The van der Waals surface area contributed by atoms with Crippen LogP contribution in [0.2, 0.25) is 0 Å². The zero-order valence-electron chi connectivity index (χ0n) is 14.4. The minimum absolute atomic E-state index is 0.110. The van der Waals surface area contributed by atoms with Crippen molar-refractivity contribution < 1.29 is 18.3 Å². The maximum absolute atomic E-state index is 12.8. The number of hydrogen-bond donors (Lipinski definition) is 2. The lowest BCUT2D eigenvalue weighted by Gasteiger charge is -2.54. The Labute approximate surface area is 152 Å². The van der Waals surface area contributed by atoms with E-state index in [-0.39, 0.29) is 23.0 Å². The predicted octanol–water partition coefficient (Wildman–Crippen LogP) is 0.821. The Kier molecular flexibility index (Phi) is 2.59. The van der Waals surface area contributed by atoms with Crippen molar-refractivity contribution in [2.75, 3.05) is 25.9 Å². The lowest BCUT2D eigenvalue weighted by atomic mass is 9.57. The van der Waals surface area contributed by atoms with Gasteiger partial charge in [0.25, 0.3) is 0 Å². The molecule has 6 rings (SSSR count). The molecule has 1 spiro atoms. The van der Waals surface area contributed by atoms with Crippen molar-refractivity contribution >= 4 is 9.84 Å². The molecule has 0 amide bonds. The number of aromatic hydroxyl groups is 1. The van der Waals surface area contributed by atoms with Gasteiger partial charge in [-0.05, 0) is 49.7 Å². The van der Waals surface area contributed by atoms with Gasteiger partial charge in [-0.1, -0.05) is 6.07 Å². The molecule has 2 N–H and O–H groups in total. The van der Waals surface area contributed by atoms with Gasteiger partial charge in [-0.25, -0.2) is 8.42 Å². The van der Waals surface area contributed by atoms with E-state index in [1.54, 1.807) is 6.07 Å². The maximum atomic E-state index is 12.8. The van der Waals surface area contributed by atoms with Gasteiger partial charge in [-0.2, -0.15) is 0 Å². The highest BCUT2D eigenvalue weighted by atomic mass is 32.2. The maximum Gasteiger partial charge on any atom is 0.181 e. The number of allylic oxidation sites excluding steroid dienone is 1. The monoisotopic (exact) mass is 372 g/mol. The number of nitrogens with one attached hydrogen (secondary N) is 1. The third kappa shape index (κ3) is 1.52. The number of ether oxygens (including phenoxy) is 1. The molecule has 26 heavy (non-hydrogen) atoms. The summed E-state index contributed by atoms with van der Waals surface area (Å²) in [6.45, 7) is 1.32. The van der Waals surface area contributed by atoms with Crippen LogP contribution in [0.1, 0.15) is 17.5 Å². The number of fused-ring (bicyclic) bond motifs is 1. The van der Waals surface area contributed by atoms with Crippen LogP contribution in [0.25, 0.3) is 0 Å². The van der Waals surface area contributed by atoms with Crippen molar-refractivity contribution in [1.82, 2.24) is 10.2 Å². The first-order valence-electron chi connectivity index (χ1n) is 9.08. The number of rotatable bonds is 0. The minimum atomic E-state index is -3.31. The fourth-order valence-electron chi connectivity index (χ4n) is 5.70. The summed E-state index contributed by atoms with van der Waals surface area (Å²) >= 11 is 0. The SMILES string of the molecule is CN1CC[C@@]23C4=CC5=C(NCCS5(=O)=O)[C@@H]2Oc2c(O)ccc(c23)C[C@H]41. The molecule has 7 heteroatoms. The normalized spacial score (nSPS) is 35.8. The lowest BCUT2D eigenvalue weighted by Crippen LogP contribution is -2.60. The van der Waals surface area contributed by atoms with Crippen LogP contribution in [0.4, 0.5) is 0 Å². The number of phenolic OH excluding ortho intramolecular Hbond substituents is 1. The van der Waals surface area contributed by atoms with Gasteiger partial charge in [0, 0.05) is 18.2 Å². The van der Waals surface area contributed by atoms with Gasteiger partial charge in [0.2, 0.25) is 0 Å². The van der Waals surface area contributed by atoms with E-state index in [2.05, 4.69) is 17.3 Å².